The molecular weight excluding hydrogens is 298 g/mol. The van der Waals surface area contributed by atoms with Crippen LogP contribution in [0.15, 0.2) is 43.5 Å². The second-order valence-corrected chi connectivity index (χ2v) is 4.56. The average Bonchev–Trinajstić information content (AvgIpc) is 2.53. The lowest BCUT2D eigenvalue weighted by atomic mass is 10.1. The van der Waals surface area contributed by atoms with E-state index in [-0.39, 0.29) is 11.7 Å². The van der Waals surface area contributed by atoms with E-state index in [4.69, 9.17) is 14.6 Å². The Morgan fingerprint density at radius 2 is 1.83 bits per heavy atom. The summed E-state index contributed by atoms with van der Waals surface area (Å²) in [6.45, 7) is 9.73. The maximum absolute atomic E-state index is 12.5. The van der Waals surface area contributed by atoms with Crippen LogP contribution < -0.4 is 9.47 Å². The van der Waals surface area contributed by atoms with Crippen LogP contribution >= 0.6 is 0 Å². The van der Waals surface area contributed by atoms with E-state index in [0.717, 1.165) is 0 Å². The number of hydrogen-bond donors (Lipinski definition) is 1. The number of amides is 1. The van der Waals surface area contributed by atoms with Crippen LogP contribution in [-0.2, 0) is 4.79 Å². The molecule has 0 spiro atoms. The molecule has 0 radical (unpaired) electrons. The van der Waals surface area contributed by atoms with Crippen molar-refractivity contribution >= 4 is 11.9 Å². The van der Waals surface area contributed by atoms with Crippen molar-refractivity contribution in [3.8, 4) is 11.5 Å². The van der Waals surface area contributed by atoms with E-state index in [0.29, 0.717) is 31.0 Å². The van der Waals surface area contributed by atoms with Gasteiger partial charge in [-0.25, -0.2) is 4.79 Å². The lowest BCUT2D eigenvalue weighted by molar-refractivity contribution is -0.139. The molecule has 0 aliphatic carbocycles. The van der Waals surface area contributed by atoms with Crippen LogP contribution in [0.4, 0.5) is 0 Å². The van der Waals surface area contributed by atoms with E-state index in [2.05, 4.69) is 13.2 Å². The Balaban J connectivity index is 3.04. The van der Waals surface area contributed by atoms with E-state index >= 15 is 0 Å². The Bertz CT molecular complexity index is 572. The summed E-state index contributed by atoms with van der Waals surface area (Å²) in [6, 6.07) is 4.64. The Labute approximate surface area is 135 Å². The number of carboxylic acids is 1. The topological polar surface area (TPSA) is 76.1 Å². The molecule has 1 N–H and O–H groups in total. The molecule has 6 heteroatoms. The van der Waals surface area contributed by atoms with Gasteiger partial charge in [0.15, 0.2) is 18.1 Å². The highest BCUT2D eigenvalue weighted by molar-refractivity contribution is 5.95. The molecule has 1 rings (SSSR count). The number of carbonyl (C=O) groups excluding carboxylic acids is 1. The number of benzene rings is 1. The van der Waals surface area contributed by atoms with Crippen molar-refractivity contribution in [3.05, 3.63) is 49.1 Å². The zero-order valence-electron chi connectivity index (χ0n) is 13.2. The first-order valence-corrected chi connectivity index (χ1v) is 7.16. The summed E-state index contributed by atoms with van der Waals surface area (Å²) in [4.78, 5) is 24.7. The molecule has 0 aliphatic heterocycles. The highest BCUT2D eigenvalue weighted by Crippen LogP contribution is 2.29. The Morgan fingerprint density at radius 1 is 1.17 bits per heavy atom. The molecule has 1 aromatic carbocycles. The van der Waals surface area contributed by atoms with Crippen LogP contribution in [0.25, 0.3) is 0 Å². The molecule has 0 saturated heterocycles. The molecule has 1 aromatic rings. The van der Waals surface area contributed by atoms with Gasteiger partial charge in [0.2, 0.25) is 0 Å². The number of carbonyl (C=O) groups is 2. The molecule has 0 saturated carbocycles. The van der Waals surface area contributed by atoms with Crippen molar-refractivity contribution in [2.75, 3.05) is 26.3 Å². The van der Waals surface area contributed by atoms with Crippen LogP contribution in [0.3, 0.4) is 0 Å². The second-order valence-electron chi connectivity index (χ2n) is 4.56. The predicted molar refractivity (Wildman–Crippen MR) is 87.0 cm³/mol. The van der Waals surface area contributed by atoms with Crippen molar-refractivity contribution in [2.24, 2.45) is 0 Å². The molecule has 0 heterocycles. The van der Waals surface area contributed by atoms with Crippen molar-refractivity contribution in [2.45, 2.75) is 6.92 Å². The summed E-state index contributed by atoms with van der Waals surface area (Å²) in [5.74, 6) is -0.673. The predicted octanol–water partition coefficient (Wildman–Crippen LogP) is 2.36. The quantitative estimate of drug-likeness (QED) is 0.670. The largest absolute Gasteiger partial charge is 0.490 e. The number of hydrogen-bond acceptors (Lipinski definition) is 4. The lowest BCUT2D eigenvalue weighted by Crippen LogP contribution is -2.31. The molecule has 0 bridgehead atoms. The van der Waals surface area contributed by atoms with Crippen molar-refractivity contribution in [1.29, 1.82) is 0 Å². The highest BCUT2D eigenvalue weighted by atomic mass is 16.5. The molecule has 0 aromatic heterocycles. The van der Waals surface area contributed by atoms with Crippen LogP contribution in [-0.4, -0.2) is 48.2 Å². The number of carboxylic acid groups (broad SMARTS) is 1. The first kappa shape index (κ1) is 18.3. The minimum Gasteiger partial charge on any atom is -0.490 e. The van der Waals surface area contributed by atoms with Gasteiger partial charge in [-0.3, -0.25) is 4.79 Å². The van der Waals surface area contributed by atoms with E-state index < -0.39 is 12.6 Å². The molecule has 23 heavy (non-hydrogen) atoms. The molecule has 0 atom stereocenters. The van der Waals surface area contributed by atoms with E-state index in [9.17, 15) is 9.59 Å². The zero-order valence-corrected chi connectivity index (χ0v) is 13.2. The summed E-state index contributed by atoms with van der Waals surface area (Å²) in [7, 11) is 0. The van der Waals surface area contributed by atoms with Gasteiger partial charge < -0.3 is 19.5 Å². The van der Waals surface area contributed by atoms with Crippen molar-refractivity contribution in [1.82, 2.24) is 4.90 Å². The first-order chi connectivity index (χ1) is 11.0. The summed E-state index contributed by atoms with van der Waals surface area (Å²) < 4.78 is 10.6. The van der Waals surface area contributed by atoms with E-state index in [1.165, 1.54) is 6.07 Å². The maximum Gasteiger partial charge on any atom is 0.341 e. The third kappa shape index (κ3) is 5.50. The number of rotatable bonds is 10. The van der Waals surface area contributed by atoms with Crippen LogP contribution in [0.2, 0.25) is 0 Å². The SMILES string of the molecule is C=CCN(CC=C)C(=O)c1ccc(OCC(=O)O)c(OCC)c1. The average molecular weight is 319 g/mol. The zero-order chi connectivity index (χ0) is 17.2. The van der Waals surface area contributed by atoms with Crippen molar-refractivity contribution in [3.63, 3.8) is 0 Å². The Kier molecular flexibility index (Phi) is 7.39. The van der Waals surface area contributed by atoms with Gasteiger partial charge in [-0.05, 0) is 25.1 Å². The molecule has 6 nitrogen and oxygen atoms in total. The molecule has 0 aliphatic rings. The molecular formula is C17H21NO5. The number of ether oxygens (including phenoxy) is 2. The maximum atomic E-state index is 12.5. The third-order valence-corrected chi connectivity index (χ3v) is 2.83. The second kappa shape index (κ2) is 9.30. The Hall–Kier alpha value is -2.76. The molecule has 1 amide bonds. The summed E-state index contributed by atoms with van der Waals surface area (Å²) >= 11 is 0. The minimum atomic E-state index is -1.09. The first-order valence-electron chi connectivity index (χ1n) is 7.16. The van der Waals surface area contributed by atoms with Gasteiger partial charge in [0.25, 0.3) is 5.91 Å². The van der Waals surface area contributed by atoms with Gasteiger partial charge in [0.1, 0.15) is 0 Å². The fraction of sp³-hybridized carbons (Fsp3) is 0.294. The molecule has 0 unspecified atom stereocenters. The smallest absolute Gasteiger partial charge is 0.341 e. The standard InChI is InChI=1S/C17H21NO5/c1-4-9-18(10-5-2)17(21)13-7-8-14(23-12-16(19)20)15(11-13)22-6-3/h4-5,7-8,11H,1-2,6,9-10,12H2,3H3,(H,19,20). The minimum absolute atomic E-state index is 0.199. The van der Waals surface area contributed by atoms with E-state index in [1.54, 1.807) is 36.1 Å². The van der Waals surface area contributed by atoms with Gasteiger partial charge in [0, 0.05) is 18.7 Å². The summed E-state index contributed by atoms with van der Waals surface area (Å²) in [5.41, 5.74) is 0.417. The monoisotopic (exact) mass is 319 g/mol. The normalized spacial score (nSPS) is 9.78. The van der Waals surface area contributed by atoms with Gasteiger partial charge in [0.05, 0.1) is 6.61 Å². The van der Waals surface area contributed by atoms with Crippen molar-refractivity contribution < 1.29 is 24.2 Å². The van der Waals surface area contributed by atoms with Crippen LogP contribution in [0.5, 0.6) is 11.5 Å². The molecule has 0 fully saturated rings. The van der Waals surface area contributed by atoms with Crippen LogP contribution in [0, 0.1) is 0 Å². The molecule has 124 valence electrons. The lowest BCUT2D eigenvalue weighted by Gasteiger charge is -2.20. The van der Waals surface area contributed by atoms with Gasteiger partial charge in [-0.1, -0.05) is 12.2 Å². The summed E-state index contributed by atoms with van der Waals surface area (Å²) in [5, 5.41) is 8.68. The van der Waals surface area contributed by atoms with Gasteiger partial charge in [-0.2, -0.15) is 0 Å². The fourth-order valence-corrected chi connectivity index (χ4v) is 1.90. The number of aliphatic carboxylic acids is 1. The number of nitrogens with zero attached hydrogens (tertiary/aromatic N) is 1. The highest BCUT2D eigenvalue weighted by Gasteiger charge is 2.16. The fourth-order valence-electron chi connectivity index (χ4n) is 1.90. The van der Waals surface area contributed by atoms with E-state index in [1.807, 2.05) is 0 Å². The van der Waals surface area contributed by atoms with Gasteiger partial charge >= 0.3 is 5.97 Å². The van der Waals surface area contributed by atoms with Gasteiger partial charge in [-0.15, -0.1) is 13.2 Å². The Morgan fingerprint density at radius 3 is 2.35 bits per heavy atom. The third-order valence-electron chi connectivity index (χ3n) is 2.83. The summed E-state index contributed by atoms with van der Waals surface area (Å²) in [6.07, 6.45) is 3.27. The van der Waals surface area contributed by atoms with Crippen LogP contribution in [0.1, 0.15) is 17.3 Å².